The predicted octanol–water partition coefficient (Wildman–Crippen LogP) is 4.92. The van der Waals surface area contributed by atoms with Crippen LogP contribution < -0.4 is 15.4 Å². The highest BCUT2D eigenvalue weighted by Crippen LogP contribution is 2.43. The maximum atomic E-state index is 13.9. The van der Waals surface area contributed by atoms with Crippen LogP contribution in [0.2, 0.25) is 0 Å². The predicted molar refractivity (Wildman–Crippen MR) is 111 cm³/mol. The van der Waals surface area contributed by atoms with Crippen molar-refractivity contribution in [2.45, 2.75) is 44.8 Å². The van der Waals surface area contributed by atoms with E-state index in [9.17, 15) is 9.18 Å². The van der Waals surface area contributed by atoms with E-state index in [1.807, 2.05) is 25.2 Å². The Labute approximate surface area is 169 Å². The Morgan fingerprint density at radius 3 is 2.86 bits per heavy atom. The van der Waals surface area contributed by atoms with E-state index in [1.165, 1.54) is 12.1 Å². The van der Waals surface area contributed by atoms with Gasteiger partial charge < -0.3 is 15.4 Å². The number of rotatable bonds is 4. The average Bonchev–Trinajstić information content (AvgIpc) is 3.10. The summed E-state index contributed by atoms with van der Waals surface area (Å²) in [5, 5.41) is 11.0. The summed E-state index contributed by atoms with van der Waals surface area (Å²) in [5.74, 6) is 0.279. The fraction of sp³-hybridized carbons (Fsp3) is 0.364. The summed E-state index contributed by atoms with van der Waals surface area (Å²) in [7, 11) is 1.86. The standard InChI is InChI=1S/C22H25FN4O2/c1-4-22(5-2)12-18(15-11-14(23)9-10-20(15)29-22)26-21(28)25-17-7-6-8-19-16(17)13-24-27(19)3/h6-11,13,18H,4-5,12H2,1-3H3,(H2,25,26,28)/t18-/m1/s1. The van der Waals surface area contributed by atoms with Crippen molar-refractivity contribution >= 4 is 22.6 Å². The van der Waals surface area contributed by atoms with E-state index in [4.69, 9.17) is 4.74 Å². The van der Waals surface area contributed by atoms with Gasteiger partial charge in [0.1, 0.15) is 17.2 Å². The van der Waals surface area contributed by atoms with Crippen LogP contribution in [0.4, 0.5) is 14.9 Å². The van der Waals surface area contributed by atoms with Gasteiger partial charge in [-0.1, -0.05) is 19.9 Å². The third kappa shape index (κ3) is 3.52. The molecule has 0 unspecified atom stereocenters. The lowest BCUT2D eigenvalue weighted by Crippen LogP contribution is -2.45. The first kappa shape index (κ1) is 19.2. The highest BCUT2D eigenvalue weighted by atomic mass is 19.1. The number of benzene rings is 2. The number of carbonyl (C=O) groups excluding carboxylic acids is 1. The molecule has 6 nitrogen and oxygen atoms in total. The number of amides is 2. The SMILES string of the molecule is CCC1(CC)C[C@@H](NC(=O)Nc2cccc3c2cnn3C)c2cc(F)ccc2O1. The van der Waals surface area contributed by atoms with Gasteiger partial charge in [0.05, 0.1) is 23.4 Å². The minimum atomic E-state index is -0.383. The van der Waals surface area contributed by atoms with E-state index in [1.54, 1.807) is 16.9 Å². The molecule has 0 radical (unpaired) electrons. The van der Waals surface area contributed by atoms with Crippen molar-refractivity contribution in [3.63, 3.8) is 0 Å². The van der Waals surface area contributed by atoms with Crippen LogP contribution in [0.1, 0.15) is 44.7 Å². The van der Waals surface area contributed by atoms with Crippen LogP contribution in [0.3, 0.4) is 0 Å². The molecule has 29 heavy (non-hydrogen) atoms. The summed E-state index contributed by atoms with van der Waals surface area (Å²) in [5.41, 5.74) is 1.89. The number of aryl methyl sites for hydroxylation is 1. The molecule has 1 aliphatic heterocycles. The Bertz CT molecular complexity index is 1060. The molecular weight excluding hydrogens is 371 g/mol. The van der Waals surface area contributed by atoms with Gasteiger partial charge in [0.2, 0.25) is 0 Å². The molecule has 0 aliphatic carbocycles. The van der Waals surface area contributed by atoms with Crippen LogP contribution in [0.5, 0.6) is 5.75 Å². The van der Waals surface area contributed by atoms with Crippen LogP contribution >= 0.6 is 0 Å². The minimum absolute atomic E-state index is 0.343. The number of carbonyl (C=O) groups is 1. The Morgan fingerprint density at radius 2 is 2.10 bits per heavy atom. The quantitative estimate of drug-likeness (QED) is 0.658. The van der Waals surface area contributed by atoms with Crippen LogP contribution in [-0.2, 0) is 7.05 Å². The second-order valence-electron chi connectivity index (χ2n) is 7.54. The maximum absolute atomic E-state index is 13.9. The Kier molecular flexibility index (Phi) is 4.90. The van der Waals surface area contributed by atoms with Gasteiger partial charge in [0, 0.05) is 24.4 Å². The lowest BCUT2D eigenvalue weighted by molar-refractivity contribution is 0.0245. The summed E-state index contributed by atoms with van der Waals surface area (Å²) in [4.78, 5) is 12.8. The molecular formula is C22H25FN4O2. The second-order valence-corrected chi connectivity index (χ2v) is 7.54. The zero-order valence-corrected chi connectivity index (χ0v) is 16.8. The van der Waals surface area contributed by atoms with E-state index in [0.717, 1.165) is 23.7 Å². The van der Waals surface area contributed by atoms with Crippen LogP contribution in [0, 0.1) is 5.82 Å². The smallest absolute Gasteiger partial charge is 0.319 e. The van der Waals surface area contributed by atoms with Crippen molar-refractivity contribution < 1.29 is 13.9 Å². The van der Waals surface area contributed by atoms with Crippen LogP contribution in [0.25, 0.3) is 10.9 Å². The maximum Gasteiger partial charge on any atom is 0.319 e. The molecule has 2 heterocycles. The fourth-order valence-electron chi connectivity index (χ4n) is 4.06. The number of fused-ring (bicyclic) bond motifs is 2. The second kappa shape index (κ2) is 7.39. The molecule has 1 aromatic heterocycles. The van der Waals surface area contributed by atoms with Crippen molar-refractivity contribution in [2.24, 2.45) is 7.05 Å². The van der Waals surface area contributed by atoms with E-state index in [2.05, 4.69) is 29.6 Å². The summed E-state index contributed by atoms with van der Waals surface area (Å²) in [6.07, 6.45) is 3.91. The van der Waals surface area contributed by atoms with Gasteiger partial charge in [-0.25, -0.2) is 9.18 Å². The van der Waals surface area contributed by atoms with Gasteiger partial charge >= 0.3 is 6.03 Å². The molecule has 1 aliphatic rings. The first-order valence-electron chi connectivity index (χ1n) is 9.91. The number of hydrogen-bond donors (Lipinski definition) is 2. The number of hydrogen-bond acceptors (Lipinski definition) is 3. The Balaban J connectivity index is 1.60. The molecule has 1 atom stereocenters. The van der Waals surface area contributed by atoms with Gasteiger partial charge in [-0.3, -0.25) is 4.68 Å². The molecule has 0 fully saturated rings. The lowest BCUT2D eigenvalue weighted by atomic mass is 9.83. The Hall–Kier alpha value is -3.09. The molecule has 0 saturated heterocycles. The zero-order valence-electron chi connectivity index (χ0n) is 16.8. The number of ether oxygens (including phenoxy) is 1. The molecule has 2 N–H and O–H groups in total. The first-order chi connectivity index (χ1) is 13.9. The molecule has 152 valence electrons. The van der Waals surface area contributed by atoms with Crippen molar-refractivity contribution in [1.82, 2.24) is 15.1 Å². The number of nitrogens with one attached hydrogen (secondary N) is 2. The van der Waals surface area contributed by atoms with E-state index in [0.29, 0.717) is 23.4 Å². The molecule has 4 rings (SSSR count). The van der Waals surface area contributed by atoms with Gasteiger partial charge in [0.25, 0.3) is 0 Å². The largest absolute Gasteiger partial charge is 0.487 e. The minimum Gasteiger partial charge on any atom is -0.487 e. The Morgan fingerprint density at radius 1 is 1.31 bits per heavy atom. The molecule has 0 spiro atoms. The van der Waals surface area contributed by atoms with Gasteiger partial charge in [-0.15, -0.1) is 0 Å². The molecule has 0 bridgehead atoms. The number of anilines is 1. The lowest BCUT2D eigenvalue weighted by Gasteiger charge is -2.41. The van der Waals surface area contributed by atoms with Crippen molar-refractivity contribution in [3.05, 3.63) is 54.0 Å². The molecule has 3 aromatic rings. The number of aromatic nitrogens is 2. The highest BCUT2D eigenvalue weighted by Gasteiger charge is 2.39. The summed E-state index contributed by atoms with van der Waals surface area (Å²) >= 11 is 0. The third-order valence-electron chi connectivity index (χ3n) is 5.88. The number of nitrogens with zero attached hydrogens (tertiary/aromatic N) is 2. The van der Waals surface area contributed by atoms with E-state index >= 15 is 0 Å². The topological polar surface area (TPSA) is 68.2 Å². The van der Waals surface area contributed by atoms with Gasteiger partial charge in [-0.05, 0) is 43.2 Å². The van der Waals surface area contributed by atoms with Crippen LogP contribution in [0.15, 0.2) is 42.6 Å². The van der Waals surface area contributed by atoms with E-state index < -0.39 is 0 Å². The van der Waals surface area contributed by atoms with Crippen LogP contribution in [-0.4, -0.2) is 21.4 Å². The monoisotopic (exact) mass is 396 g/mol. The average molecular weight is 396 g/mol. The fourth-order valence-corrected chi connectivity index (χ4v) is 4.06. The van der Waals surface area contributed by atoms with Gasteiger partial charge in [-0.2, -0.15) is 5.10 Å². The summed E-state index contributed by atoms with van der Waals surface area (Å²) in [6.45, 7) is 4.14. The van der Waals surface area contributed by atoms with Crippen molar-refractivity contribution in [1.29, 1.82) is 0 Å². The summed E-state index contributed by atoms with van der Waals surface area (Å²) in [6, 6.07) is 9.44. The molecule has 2 amide bonds. The van der Waals surface area contributed by atoms with E-state index in [-0.39, 0.29) is 23.5 Å². The van der Waals surface area contributed by atoms with Crippen molar-refractivity contribution in [3.8, 4) is 5.75 Å². The first-order valence-corrected chi connectivity index (χ1v) is 9.91. The highest BCUT2D eigenvalue weighted by molar-refractivity contribution is 6.00. The number of halogens is 1. The number of urea groups is 1. The third-order valence-corrected chi connectivity index (χ3v) is 5.88. The van der Waals surface area contributed by atoms with Crippen molar-refractivity contribution in [2.75, 3.05) is 5.32 Å². The molecule has 7 heteroatoms. The summed E-state index contributed by atoms with van der Waals surface area (Å²) < 4.78 is 21.9. The molecule has 2 aromatic carbocycles. The normalized spacial score (nSPS) is 17.4. The molecule has 0 saturated carbocycles. The van der Waals surface area contributed by atoms with Gasteiger partial charge in [0.15, 0.2) is 0 Å². The zero-order chi connectivity index (χ0) is 20.6.